The van der Waals surface area contributed by atoms with Crippen molar-refractivity contribution in [1.29, 1.82) is 0 Å². The summed E-state index contributed by atoms with van der Waals surface area (Å²) in [6.07, 6.45) is 0.666. The highest BCUT2D eigenvalue weighted by Gasteiger charge is 2.27. The number of fused-ring (bicyclic) bond motifs is 1. The molecule has 1 heterocycles. The van der Waals surface area contributed by atoms with E-state index in [1.165, 1.54) is 7.11 Å². The van der Waals surface area contributed by atoms with Crippen molar-refractivity contribution in [2.75, 3.05) is 12.4 Å². The maximum atomic E-state index is 11.2. The van der Waals surface area contributed by atoms with Gasteiger partial charge in [0.1, 0.15) is 6.04 Å². The lowest BCUT2D eigenvalue weighted by Gasteiger charge is -2.07. The molecule has 1 aliphatic rings. The van der Waals surface area contributed by atoms with E-state index in [0.717, 1.165) is 11.3 Å². The van der Waals surface area contributed by atoms with Gasteiger partial charge < -0.3 is 10.1 Å². The Kier molecular flexibility index (Phi) is 2.33. The van der Waals surface area contributed by atoms with E-state index in [4.69, 9.17) is 11.6 Å². The highest BCUT2D eigenvalue weighted by atomic mass is 35.5. The third kappa shape index (κ3) is 1.55. The van der Waals surface area contributed by atoms with Gasteiger partial charge in [-0.25, -0.2) is 4.79 Å². The van der Waals surface area contributed by atoms with Gasteiger partial charge in [0.05, 0.1) is 7.11 Å². The van der Waals surface area contributed by atoms with Gasteiger partial charge in [-0.05, 0) is 17.7 Å². The molecule has 0 radical (unpaired) electrons. The molecule has 1 unspecified atom stereocenters. The number of ether oxygens (including phenoxy) is 1. The van der Waals surface area contributed by atoms with Gasteiger partial charge in [0.15, 0.2) is 0 Å². The third-order valence-electron chi connectivity index (χ3n) is 2.31. The molecule has 0 spiro atoms. The second-order valence-corrected chi connectivity index (χ2v) is 3.66. The Morgan fingerprint density at radius 1 is 1.64 bits per heavy atom. The molecule has 1 aromatic rings. The Morgan fingerprint density at radius 2 is 2.43 bits per heavy atom. The summed E-state index contributed by atoms with van der Waals surface area (Å²) in [5.74, 6) is -0.239. The van der Waals surface area contributed by atoms with Crippen LogP contribution in [-0.4, -0.2) is 19.1 Å². The van der Waals surface area contributed by atoms with Gasteiger partial charge in [-0.1, -0.05) is 17.7 Å². The Labute approximate surface area is 87.0 Å². The van der Waals surface area contributed by atoms with Crippen LogP contribution < -0.4 is 5.32 Å². The number of methoxy groups -OCH3 is 1. The quantitative estimate of drug-likeness (QED) is 0.721. The molecule has 0 saturated carbocycles. The number of rotatable bonds is 1. The number of anilines is 1. The van der Waals surface area contributed by atoms with Crippen LogP contribution in [0.4, 0.5) is 5.69 Å². The largest absolute Gasteiger partial charge is 0.467 e. The van der Waals surface area contributed by atoms with Crippen LogP contribution in [0.15, 0.2) is 18.2 Å². The van der Waals surface area contributed by atoms with Crippen LogP contribution in [0.5, 0.6) is 0 Å². The van der Waals surface area contributed by atoms with Gasteiger partial charge in [-0.3, -0.25) is 0 Å². The smallest absolute Gasteiger partial charge is 0.328 e. The van der Waals surface area contributed by atoms with Crippen molar-refractivity contribution in [2.24, 2.45) is 0 Å². The second-order valence-electron chi connectivity index (χ2n) is 3.23. The minimum atomic E-state index is -0.270. The van der Waals surface area contributed by atoms with Crippen molar-refractivity contribution < 1.29 is 9.53 Å². The standard InChI is InChI=1S/C10H10ClNO2/c1-14-10(13)9-4-6-2-3-7(11)5-8(6)12-9/h2-3,5,9,12H,4H2,1H3. The van der Waals surface area contributed by atoms with Gasteiger partial charge in [0.2, 0.25) is 0 Å². The lowest BCUT2D eigenvalue weighted by Crippen LogP contribution is -2.27. The molecule has 1 aromatic carbocycles. The van der Waals surface area contributed by atoms with E-state index >= 15 is 0 Å². The fourth-order valence-corrected chi connectivity index (χ4v) is 1.78. The van der Waals surface area contributed by atoms with E-state index in [2.05, 4.69) is 10.1 Å². The summed E-state index contributed by atoms with van der Waals surface area (Å²) in [5.41, 5.74) is 2.03. The zero-order valence-corrected chi connectivity index (χ0v) is 8.47. The predicted molar refractivity (Wildman–Crippen MR) is 54.6 cm³/mol. The number of nitrogens with one attached hydrogen (secondary N) is 1. The molecular formula is C10H10ClNO2. The summed E-state index contributed by atoms with van der Waals surface area (Å²) < 4.78 is 4.66. The maximum absolute atomic E-state index is 11.2. The molecule has 0 aromatic heterocycles. The van der Waals surface area contributed by atoms with Crippen molar-refractivity contribution in [2.45, 2.75) is 12.5 Å². The highest BCUT2D eigenvalue weighted by Crippen LogP contribution is 2.28. The molecule has 2 rings (SSSR count). The van der Waals surface area contributed by atoms with Gasteiger partial charge in [-0.15, -0.1) is 0 Å². The van der Waals surface area contributed by atoms with Gasteiger partial charge >= 0.3 is 5.97 Å². The first-order chi connectivity index (χ1) is 6.70. The zero-order chi connectivity index (χ0) is 10.1. The number of benzene rings is 1. The number of carbonyl (C=O) groups is 1. The van der Waals surface area contributed by atoms with Gasteiger partial charge in [-0.2, -0.15) is 0 Å². The van der Waals surface area contributed by atoms with Gasteiger partial charge in [0.25, 0.3) is 0 Å². The predicted octanol–water partition coefficient (Wildman–Crippen LogP) is 1.85. The lowest BCUT2D eigenvalue weighted by atomic mass is 10.1. The summed E-state index contributed by atoms with van der Waals surface area (Å²) in [6, 6.07) is 5.29. The molecule has 0 aliphatic carbocycles. The fraction of sp³-hybridized carbons (Fsp3) is 0.300. The molecule has 1 N–H and O–H groups in total. The van der Waals surface area contributed by atoms with E-state index in [1.54, 1.807) is 0 Å². The normalized spacial score (nSPS) is 18.6. The number of halogens is 1. The molecule has 4 heteroatoms. The molecule has 1 aliphatic heterocycles. The average Bonchev–Trinajstić information content (AvgIpc) is 2.59. The molecule has 0 amide bonds. The van der Waals surface area contributed by atoms with Crippen LogP contribution in [0.3, 0.4) is 0 Å². The monoisotopic (exact) mass is 211 g/mol. The maximum Gasteiger partial charge on any atom is 0.328 e. The number of esters is 1. The SMILES string of the molecule is COC(=O)C1Cc2ccc(Cl)cc2N1. The summed E-state index contributed by atoms with van der Waals surface area (Å²) in [4.78, 5) is 11.2. The van der Waals surface area contributed by atoms with Crippen molar-refractivity contribution in [3.8, 4) is 0 Å². The third-order valence-corrected chi connectivity index (χ3v) is 2.55. The summed E-state index contributed by atoms with van der Waals surface area (Å²) in [6.45, 7) is 0. The van der Waals surface area contributed by atoms with E-state index in [-0.39, 0.29) is 12.0 Å². The summed E-state index contributed by atoms with van der Waals surface area (Å²) in [5, 5.41) is 3.74. The second kappa shape index (κ2) is 3.50. The lowest BCUT2D eigenvalue weighted by molar-refractivity contribution is -0.141. The molecule has 0 fully saturated rings. The van der Waals surface area contributed by atoms with Crippen molar-refractivity contribution in [3.05, 3.63) is 28.8 Å². The van der Waals surface area contributed by atoms with Crippen LogP contribution >= 0.6 is 11.6 Å². The van der Waals surface area contributed by atoms with E-state index < -0.39 is 0 Å². The van der Waals surface area contributed by atoms with E-state index in [1.807, 2.05) is 18.2 Å². The molecule has 14 heavy (non-hydrogen) atoms. The Balaban J connectivity index is 2.22. The Bertz CT molecular complexity index is 378. The van der Waals surface area contributed by atoms with Crippen molar-refractivity contribution in [1.82, 2.24) is 0 Å². The molecular weight excluding hydrogens is 202 g/mol. The molecule has 0 bridgehead atoms. The number of hydrogen-bond acceptors (Lipinski definition) is 3. The molecule has 1 atom stereocenters. The van der Waals surface area contributed by atoms with Crippen LogP contribution in [0, 0.1) is 0 Å². The van der Waals surface area contributed by atoms with Crippen LogP contribution in [0.25, 0.3) is 0 Å². The van der Waals surface area contributed by atoms with Crippen LogP contribution in [0.2, 0.25) is 5.02 Å². The van der Waals surface area contributed by atoms with E-state index in [0.29, 0.717) is 11.4 Å². The topological polar surface area (TPSA) is 38.3 Å². The van der Waals surface area contributed by atoms with E-state index in [9.17, 15) is 4.79 Å². The Morgan fingerprint density at radius 3 is 3.14 bits per heavy atom. The number of carbonyl (C=O) groups excluding carboxylic acids is 1. The van der Waals surface area contributed by atoms with Crippen LogP contribution in [-0.2, 0) is 16.0 Å². The minimum absolute atomic E-state index is 0.239. The first kappa shape index (κ1) is 9.34. The first-order valence-electron chi connectivity index (χ1n) is 4.33. The van der Waals surface area contributed by atoms with Crippen molar-refractivity contribution >= 4 is 23.3 Å². The highest BCUT2D eigenvalue weighted by molar-refractivity contribution is 6.30. The molecule has 3 nitrogen and oxygen atoms in total. The first-order valence-corrected chi connectivity index (χ1v) is 4.71. The molecule has 0 saturated heterocycles. The minimum Gasteiger partial charge on any atom is -0.467 e. The van der Waals surface area contributed by atoms with Gasteiger partial charge in [0, 0.05) is 17.1 Å². The summed E-state index contributed by atoms with van der Waals surface area (Å²) >= 11 is 5.83. The summed E-state index contributed by atoms with van der Waals surface area (Å²) in [7, 11) is 1.39. The zero-order valence-electron chi connectivity index (χ0n) is 7.71. The average molecular weight is 212 g/mol. The van der Waals surface area contributed by atoms with Crippen LogP contribution in [0.1, 0.15) is 5.56 Å². The molecule has 74 valence electrons. The van der Waals surface area contributed by atoms with Crippen molar-refractivity contribution in [3.63, 3.8) is 0 Å². The Hall–Kier alpha value is -1.22. The number of hydrogen-bond donors (Lipinski definition) is 1. The fourth-order valence-electron chi connectivity index (χ4n) is 1.60.